The van der Waals surface area contributed by atoms with E-state index in [1.54, 1.807) is 0 Å². The molecular weight excluding hydrogens is 492 g/mol. The Balaban J connectivity index is 0.000000723. The van der Waals surface area contributed by atoms with E-state index in [-0.39, 0.29) is 5.56 Å². The summed E-state index contributed by atoms with van der Waals surface area (Å²) in [5.74, 6) is -0.0748. The van der Waals surface area contributed by atoms with E-state index in [1.807, 2.05) is 48.7 Å². The van der Waals surface area contributed by atoms with E-state index in [0.717, 1.165) is 78.0 Å². The molecule has 8 heteroatoms. The Morgan fingerprint density at radius 3 is 2.59 bits per heavy atom. The fourth-order valence-electron chi connectivity index (χ4n) is 5.08. The third-order valence-corrected chi connectivity index (χ3v) is 6.86. The van der Waals surface area contributed by atoms with E-state index < -0.39 is 5.97 Å². The van der Waals surface area contributed by atoms with Gasteiger partial charge in [-0.1, -0.05) is 30.3 Å². The lowest BCUT2D eigenvalue weighted by Gasteiger charge is -2.08. The van der Waals surface area contributed by atoms with Gasteiger partial charge in [0, 0.05) is 36.1 Å². The molecule has 0 saturated carbocycles. The SMILES string of the molecule is CC(=O)O.NCCCn1cc(-c2nc3cc4c(cc3[nH]c2=O)CCC4)c2cc(OCc3ccccc3)ccc21. The third-order valence-electron chi connectivity index (χ3n) is 6.86. The number of carboxylic acid groups (broad SMARTS) is 1. The summed E-state index contributed by atoms with van der Waals surface area (Å²) < 4.78 is 8.26. The Morgan fingerprint density at radius 2 is 1.85 bits per heavy atom. The lowest BCUT2D eigenvalue weighted by Crippen LogP contribution is -2.11. The second-order valence-corrected chi connectivity index (χ2v) is 9.76. The van der Waals surface area contributed by atoms with E-state index in [0.29, 0.717) is 18.8 Å². The molecule has 1 aliphatic rings. The van der Waals surface area contributed by atoms with Crippen LogP contribution in [0, 0.1) is 0 Å². The lowest BCUT2D eigenvalue weighted by atomic mass is 10.1. The van der Waals surface area contributed by atoms with Gasteiger partial charge in [-0.15, -0.1) is 0 Å². The van der Waals surface area contributed by atoms with Crippen molar-refractivity contribution >= 4 is 27.9 Å². The first-order chi connectivity index (χ1) is 18.9. The van der Waals surface area contributed by atoms with Crippen molar-refractivity contribution in [1.29, 1.82) is 0 Å². The van der Waals surface area contributed by atoms with Crippen LogP contribution in [0.1, 0.15) is 36.5 Å². The number of aromatic nitrogens is 3. The number of hydrogen-bond donors (Lipinski definition) is 3. The summed E-state index contributed by atoms with van der Waals surface area (Å²) in [4.78, 5) is 30.2. The number of ether oxygens (including phenoxy) is 1. The number of nitrogens with two attached hydrogens (primary N) is 1. The van der Waals surface area contributed by atoms with Gasteiger partial charge in [0.1, 0.15) is 18.1 Å². The van der Waals surface area contributed by atoms with Gasteiger partial charge in [0.25, 0.3) is 11.5 Å². The zero-order chi connectivity index (χ0) is 27.4. The molecule has 0 radical (unpaired) electrons. The summed E-state index contributed by atoms with van der Waals surface area (Å²) in [5, 5.41) is 8.37. The number of fused-ring (bicyclic) bond motifs is 3. The Labute approximate surface area is 226 Å². The summed E-state index contributed by atoms with van der Waals surface area (Å²) in [6, 6.07) is 20.4. The van der Waals surface area contributed by atoms with Crippen molar-refractivity contribution in [3.8, 4) is 17.0 Å². The van der Waals surface area contributed by atoms with Crippen molar-refractivity contribution in [2.45, 2.75) is 45.8 Å². The van der Waals surface area contributed by atoms with E-state index in [2.05, 4.69) is 27.8 Å². The first-order valence-corrected chi connectivity index (χ1v) is 13.2. The number of carbonyl (C=O) groups is 1. The van der Waals surface area contributed by atoms with Gasteiger partial charge in [0.15, 0.2) is 0 Å². The first kappa shape index (κ1) is 26.2. The molecule has 6 rings (SSSR count). The van der Waals surface area contributed by atoms with Gasteiger partial charge in [-0.2, -0.15) is 0 Å². The minimum atomic E-state index is -0.833. The standard InChI is InChI=1S/C29H28N4O2.C2H4O2/c30-12-5-13-33-17-24(23-16-22(10-11-27(23)33)35-18-19-6-2-1-3-7-19)28-29(34)32-26-15-21-9-4-8-20(21)14-25(26)31-28;1-2(3)4/h1-3,6-7,10-11,14-17H,4-5,8-9,12-13,18,30H2,(H,32,34);1H3,(H,3,4). The number of aromatic amines is 1. The maximum atomic E-state index is 13.2. The largest absolute Gasteiger partial charge is 0.489 e. The molecule has 0 fully saturated rings. The zero-order valence-corrected chi connectivity index (χ0v) is 21.9. The number of hydrogen-bond acceptors (Lipinski definition) is 5. The van der Waals surface area contributed by atoms with Crippen molar-refractivity contribution in [2.24, 2.45) is 5.73 Å². The van der Waals surface area contributed by atoms with E-state index in [9.17, 15) is 4.79 Å². The van der Waals surface area contributed by atoms with Gasteiger partial charge < -0.3 is 25.1 Å². The fourth-order valence-corrected chi connectivity index (χ4v) is 5.08. The van der Waals surface area contributed by atoms with Crippen molar-refractivity contribution in [3.63, 3.8) is 0 Å². The molecule has 0 atom stereocenters. The maximum Gasteiger partial charge on any atom is 0.300 e. The molecule has 0 spiro atoms. The number of carboxylic acids is 1. The third kappa shape index (κ3) is 5.86. The zero-order valence-electron chi connectivity index (χ0n) is 21.9. The first-order valence-electron chi connectivity index (χ1n) is 13.2. The van der Waals surface area contributed by atoms with Crippen LogP contribution in [0.4, 0.5) is 0 Å². The van der Waals surface area contributed by atoms with Crippen LogP contribution in [0.5, 0.6) is 5.75 Å². The highest BCUT2D eigenvalue weighted by Crippen LogP contribution is 2.33. The molecule has 2 heterocycles. The summed E-state index contributed by atoms with van der Waals surface area (Å²) in [5.41, 5.74) is 13.3. The molecule has 4 N–H and O–H groups in total. The predicted octanol–water partition coefficient (Wildman–Crippen LogP) is 5.05. The van der Waals surface area contributed by atoms with Crippen LogP contribution in [-0.4, -0.2) is 32.2 Å². The number of aliphatic carboxylic acids is 1. The molecule has 3 aromatic carbocycles. The van der Waals surface area contributed by atoms with Crippen molar-refractivity contribution in [1.82, 2.24) is 14.5 Å². The van der Waals surface area contributed by atoms with Gasteiger partial charge >= 0.3 is 0 Å². The second kappa shape index (κ2) is 11.5. The highest BCUT2D eigenvalue weighted by molar-refractivity contribution is 5.96. The Morgan fingerprint density at radius 1 is 1.10 bits per heavy atom. The van der Waals surface area contributed by atoms with E-state index in [1.165, 1.54) is 11.1 Å². The molecule has 39 heavy (non-hydrogen) atoms. The van der Waals surface area contributed by atoms with E-state index in [4.69, 9.17) is 25.4 Å². The van der Waals surface area contributed by atoms with Crippen molar-refractivity contribution < 1.29 is 14.6 Å². The minimum absolute atomic E-state index is 0.177. The van der Waals surface area contributed by atoms with Crippen LogP contribution >= 0.6 is 0 Å². The van der Waals surface area contributed by atoms with Gasteiger partial charge in [-0.25, -0.2) is 4.98 Å². The lowest BCUT2D eigenvalue weighted by molar-refractivity contribution is -0.134. The number of benzene rings is 3. The molecule has 0 amide bonds. The fraction of sp³-hybridized carbons (Fsp3) is 0.258. The number of nitrogens with one attached hydrogen (secondary N) is 1. The van der Waals surface area contributed by atoms with Crippen molar-refractivity contribution in [2.75, 3.05) is 6.54 Å². The molecule has 0 aliphatic heterocycles. The van der Waals surface area contributed by atoms with Gasteiger partial charge in [-0.3, -0.25) is 9.59 Å². The van der Waals surface area contributed by atoms with Crippen LogP contribution < -0.4 is 16.0 Å². The molecule has 200 valence electrons. The Bertz CT molecular complexity index is 1680. The second-order valence-electron chi connectivity index (χ2n) is 9.76. The minimum Gasteiger partial charge on any atom is -0.489 e. The maximum absolute atomic E-state index is 13.2. The van der Waals surface area contributed by atoms with E-state index >= 15 is 0 Å². The van der Waals surface area contributed by atoms with Crippen LogP contribution in [-0.2, 0) is 30.8 Å². The van der Waals surface area contributed by atoms with Crippen LogP contribution in [0.15, 0.2) is 71.7 Å². The average Bonchev–Trinajstić information content (AvgIpc) is 3.53. The van der Waals surface area contributed by atoms with Crippen molar-refractivity contribution in [3.05, 3.63) is 93.9 Å². The molecule has 8 nitrogen and oxygen atoms in total. The molecule has 2 aromatic heterocycles. The molecule has 0 saturated heterocycles. The van der Waals surface area contributed by atoms with Gasteiger partial charge in [0.2, 0.25) is 0 Å². The van der Waals surface area contributed by atoms with Crippen LogP contribution in [0.25, 0.3) is 33.2 Å². The predicted molar refractivity (Wildman–Crippen MR) is 153 cm³/mol. The summed E-state index contributed by atoms with van der Waals surface area (Å²) in [6.07, 6.45) is 6.17. The smallest absolute Gasteiger partial charge is 0.300 e. The normalized spacial score (nSPS) is 12.3. The highest BCUT2D eigenvalue weighted by atomic mass is 16.5. The topological polar surface area (TPSA) is 123 Å². The summed E-state index contributed by atoms with van der Waals surface area (Å²) in [6.45, 7) is 2.94. The molecule has 1 aliphatic carbocycles. The highest BCUT2D eigenvalue weighted by Gasteiger charge is 2.18. The molecular formula is C31H32N4O4. The van der Waals surface area contributed by atoms with Gasteiger partial charge in [-0.05, 0) is 79.3 Å². The molecule has 5 aromatic rings. The van der Waals surface area contributed by atoms with Gasteiger partial charge in [0.05, 0.1) is 11.0 Å². The number of nitrogens with zero attached hydrogens (tertiary/aromatic N) is 2. The number of rotatable bonds is 7. The average molecular weight is 525 g/mol. The quantitative estimate of drug-likeness (QED) is 0.274. The number of H-pyrrole nitrogens is 1. The molecule has 0 unspecified atom stereocenters. The Kier molecular flexibility index (Phi) is 7.74. The summed E-state index contributed by atoms with van der Waals surface area (Å²) in [7, 11) is 0. The van der Waals surface area contributed by atoms with Crippen LogP contribution in [0.2, 0.25) is 0 Å². The molecule has 0 bridgehead atoms. The Hall–Kier alpha value is -4.43. The summed E-state index contributed by atoms with van der Waals surface area (Å²) >= 11 is 0. The monoisotopic (exact) mass is 524 g/mol. The van der Waals surface area contributed by atoms with Crippen LogP contribution in [0.3, 0.4) is 0 Å². The number of aryl methyl sites for hydroxylation is 3.